The molecule has 1 atom stereocenters. The molecule has 1 N–H and O–H groups in total. The maximum absolute atomic E-state index is 12.9. The highest BCUT2D eigenvalue weighted by molar-refractivity contribution is 5.86. The molecule has 0 aliphatic carbocycles. The Balaban J connectivity index is 2.13. The van der Waals surface area contributed by atoms with Crippen LogP contribution < -0.4 is 10.2 Å². The molecule has 12 heteroatoms. The predicted molar refractivity (Wildman–Crippen MR) is 106 cm³/mol. The zero-order valence-corrected chi connectivity index (χ0v) is 17.4. The average Bonchev–Trinajstić information content (AvgIpc) is 2.71. The number of benzene rings is 1. The van der Waals surface area contributed by atoms with Gasteiger partial charge in [0.05, 0.1) is 17.6 Å². The van der Waals surface area contributed by atoms with E-state index < -0.39 is 34.5 Å². The molecule has 0 saturated carbocycles. The van der Waals surface area contributed by atoms with Crippen molar-refractivity contribution in [2.75, 3.05) is 38.2 Å². The van der Waals surface area contributed by atoms with Crippen LogP contribution >= 0.6 is 0 Å². The molecule has 0 aromatic heterocycles. The van der Waals surface area contributed by atoms with Gasteiger partial charge in [0.2, 0.25) is 5.91 Å². The number of carbonyl (C=O) groups is 2. The van der Waals surface area contributed by atoms with Crippen LogP contribution in [-0.4, -0.2) is 61.2 Å². The van der Waals surface area contributed by atoms with Crippen molar-refractivity contribution in [3.8, 4) is 0 Å². The third-order valence-electron chi connectivity index (χ3n) is 4.91. The average molecular weight is 446 g/mol. The second-order valence-corrected chi connectivity index (χ2v) is 7.59. The Bertz CT molecular complexity index is 823. The quantitative estimate of drug-likeness (QED) is 0.532. The lowest BCUT2D eigenvalue weighted by Crippen LogP contribution is -2.55. The molecule has 2 amide bonds. The summed E-state index contributed by atoms with van der Waals surface area (Å²) < 4.78 is 43.3. The number of hydrogen-bond donors (Lipinski definition) is 1. The molecule has 1 aliphatic rings. The van der Waals surface area contributed by atoms with Gasteiger partial charge in [-0.3, -0.25) is 14.9 Å². The first-order chi connectivity index (χ1) is 14.4. The Morgan fingerprint density at radius 1 is 1.23 bits per heavy atom. The van der Waals surface area contributed by atoms with Gasteiger partial charge in [0.15, 0.2) is 0 Å². The Morgan fingerprint density at radius 3 is 2.32 bits per heavy atom. The summed E-state index contributed by atoms with van der Waals surface area (Å²) in [5.41, 5.74) is -1.67. The summed E-state index contributed by atoms with van der Waals surface area (Å²) in [6, 6.07) is 1.63. The van der Waals surface area contributed by atoms with Crippen molar-refractivity contribution < 1.29 is 32.4 Å². The third kappa shape index (κ3) is 6.22. The molecule has 1 aromatic carbocycles. The summed E-state index contributed by atoms with van der Waals surface area (Å²) >= 11 is 0. The van der Waals surface area contributed by atoms with Crippen LogP contribution in [0.2, 0.25) is 0 Å². The van der Waals surface area contributed by atoms with Gasteiger partial charge in [0, 0.05) is 32.2 Å². The maximum Gasteiger partial charge on any atom is 0.416 e. The Morgan fingerprint density at radius 2 is 1.84 bits per heavy atom. The third-order valence-corrected chi connectivity index (χ3v) is 4.91. The number of ether oxygens (including phenoxy) is 1. The number of alkyl halides is 3. The molecule has 1 heterocycles. The number of rotatable bonds is 6. The monoisotopic (exact) mass is 446 g/mol. The van der Waals surface area contributed by atoms with Gasteiger partial charge in [-0.15, -0.1) is 0 Å². The zero-order valence-electron chi connectivity index (χ0n) is 17.4. The lowest BCUT2D eigenvalue weighted by molar-refractivity contribution is -0.384. The van der Waals surface area contributed by atoms with E-state index in [1.807, 2.05) is 13.8 Å². The molecule has 1 saturated heterocycles. The number of nitro groups is 1. The number of anilines is 1. The summed E-state index contributed by atoms with van der Waals surface area (Å²) in [4.78, 5) is 38.0. The minimum Gasteiger partial charge on any atom is -0.453 e. The van der Waals surface area contributed by atoms with Crippen LogP contribution in [0.1, 0.15) is 25.8 Å². The van der Waals surface area contributed by atoms with Crippen molar-refractivity contribution in [1.82, 2.24) is 10.2 Å². The fourth-order valence-corrected chi connectivity index (χ4v) is 3.40. The molecule has 9 nitrogen and oxygen atoms in total. The number of hydrogen-bond acceptors (Lipinski definition) is 6. The molecule has 2 rings (SSSR count). The number of methoxy groups -OCH3 is 1. The first kappa shape index (κ1) is 24.2. The normalized spacial score (nSPS) is 15.6. The Labute approximate surface area is 177 Å². The lowest BCUT2D eigenvalue weighted by atomic mass is 10.0. The lowest BCUT2D eigenvalue weighted by Gasteiger charge is -2.37. The largest absolute Gasteiger partial charge is 0.453 e. The van der Waals surface area contributed by atoms with Gasteiger partial charge in [-0.2, -0.15) is 13.2 Å². The van der Waals surface area contributed by atoms with Crippen LogP contribution in [0, 0.1) is 16.0 Å². The number of piperazine rings is 1. The SMILES string of the molecule is COC(=O)NC(CC(C)C)C(=O)N1CCN(c2ccc(C(F)(F)F)cc2[N+](=O)[O-])CC1. The van der Waals surface area contributed by atoms with Crippen LogP contribution in [0.5, 0.6) is 0 Å². The highest BCUT2D eigenvalue weighted by Crippen LogP contribution is 2.36. The van der Waals surface area contributed by atoms with E-state index >= 15 is 0 Å². The van der Waals surface area contributed by atoms with Crippen molar-refractivity contribution in [1.29, 1.82) is 0 Å². The second-order valence-electron chi connectivity index (χ2n) is 7.59. The van der Waals surface area contributed by atoms with Crippen LogP contribution in [0.25, 0.3) is 0 Å². The second kappa shape index (κ2) is 9.84. The number of nitrogens with zero attached hydrogens (tertiary/aromatic N) is 3. The topological polar surface area (TPSA) is 105 Å². The number of amides is 2. The van der Waals surface area contributed by atoms with E-state index in [9.17, 15) is 32.9 Å². The van der Waals surface area contributed by atoms with E-state index in [0.717, 1.165) is 12.1 Å². The fraction of sp³-hybridized carbons (Fsp3) is 0.579. The Kier molecular flexibility index (Phi) is 7.69. The van der Waals surface area contributed by atoms with E-state index in [4.69, 9.17) is 0 Å². The van der Waals surface area contributed by atoms with Crippen molar-refractivity contribution in [2.45, 2.75) is 32.5 Å². The van der Waals surface area contributed by atoms with Crippen molar-refractivity contribution >= 4 is 23.4 Å². The molecule has 1 aliphatic heterocycles. The van der Waals surface area contributed by atoms with Gasteiger partial charge in [-0.05, 0) is 24.5 Å². The highest BCUT2D eigenvalue weighted by Gasteiger charge is 2.35. The number of nitro benzene ring substituents is 1. The van der Waals surface area contributed by atoms with Crippen molar-refractivity contribution in [3.05, 3.63) is 33.9 Å². The summed E-state index contributed by atoms with van der Waals surface area (Å²) in [5, 5.41) is 13.9. The van der Waals surface area contributed by atoms with Gasteiger partial charge >= 0.3 is 12.3 Å². The molecule has 1 aromatic rings. The molecule has 0 radical (unpaired) electrons. The molecule has 1 fully saturated rings. The van der Waals surface area contributed by atoms with Gasteiger partial charge in [-0.25, -0.2) is 4.79 Å². The van der Waals surface area contributed by atoms with Crippen LogP contribution in [-0.2, 0) is 15.7 Å². The van der Waals surface area contributed by atoms with Crippen LogP contribution in [0.15, 0.2) is 18.2 Å². The molecular formula is C19H25F3N4O5. The number of alkyl carbamates (subject to hydrolysis) is 1. The van der Waals surface area contributed by atoms with E-state index in [1.165, 1.54) is 12.0 Å². The van der Waals surface area contributed by atoms with E-state index in [1.54, 1.807) is 4.90 Å². The van der Waals surface area contributed by atoms with Gasteiger partial charge in [0.1, 0.15) is 11.7 Å². The highest BCUT2D eigenvalue weighted by atomic mass is 19.4. The minimum atomic E-state index is -4.69. The number of nitrogens with one attached hydrogen (secondary N) is 1. The summed E-state index contributed by atoms with van der Waals surface area (Å²) in [5.74, 6) is -0.178. The maximum atomic E-state index is 12.9. The Hall–Kier alpha value is -3.05. The van der Waals surface area contributed by atoms with E-state index in [-0.39, 0.29) is 43.7 Å². The van der Waals surface area contributed by atoms with Crippen molar-refractivity contribution in [3.63, 3.8) is 0 Å². The zero-order chi connectivity index (χ0) is 23.3. The molecule has 1 unspecified atom stereocenters. The predicted octanol–water partition coefficient (Wildman–Crippen LogP) is 3.03. The molecule has 0 spiro atoms. The van der Waals surface area contributed by atoms with Crippen LogP contribution in [0.4, 0.5) is 29.3 Å². The van der Waals surface area contributed by atoms with E-state index in [0.29, 0.717) is 12.5 Å². The molecule has 172 valence electrons. The first-order valence-corrected chi connectivity index (χ1v) is 9.68. The standard InChI is InChI=1S/C19H25F3N4O5/c1-12(2)10-14(23-18(28)31-3)17(27)25-8-6-24(7-9-25)15-5-4-13(19(20,21)22)11-16(15)26(29)30/h4-5,11-12,14H,6-10H2,1-3H3,(H,23,28). The first-order valence-electron chi connectivity index (χ1n) is 9.68. The molecule has 0 bridgehead atoms. The summed E-state index contributed by atoms with van der Waals surface area (Å²) in [7, 11) is 1.20. The molecule has 31 heavy (non-hydrogen) atoms. The van der Waals surface area contributed by atoms with E-state index in [2.05, 4.69) is 10.1 Å². The van der Waals surface area contributed by atoms with Crippen LogP contribution in [0.3, 0.4) is 0 Å². The van der Waals surface area contributed by atoms with Gasteiger partial charge in [-0.1, -0.05) is 13.8 Å². The minimum absolute atomic E-state index is 0.0662. The van der Waals surface area contributed by atoms with Crippen molar-refractivity contribution in [2.24, 2.45) is 5.92 Å². The number of halogens is 3. The summed E-state index contributed by atoms with van der Waals surface area (Å²) in [6.07, 6.45) is -5.01. The fourth-order valence-electron chi connectivity index (χ4n) is 3.40. The van der Waals surface area contributed by atoms with Gasteiger partial charge in [0.25, 0.3) is 5.69 Å². The molecular weight excluding hydrogens is 421 g/mol. The number of carbonyl (C=O) groups excluding carboxylic acids is 2. The summed E-state index contributed by atoms with van der Waals surface area (Å²) in [6.45, 7) is 4.61. The van der Waals surface area contributed by atoms with Gasteiger partial charge < -0.3 is 19.9 Å². The smallest absolute Gasteiger partial charge is 0.416 e.